The monoisotopic (exact) mass is 522 g/mol. The molecular weight excluding hydrogens is 503 g/mol. The molecule has 0 unspecified atom stereocenters. The molecule has 4 aromatic carbocycles. The first-order valence-electron chi connectivity index (χ1n) is 10.6. The number of amides is 2. The largest absolute Gasteiger partial charge is 0.457 e. The second kappa shape index (κ2) is 11.8. The summed E-state index contributed by atoms with van der Waals surface area (Å²) in [6.45, 7) is 0. The van der Waals surface area contributed by atoms with E-state index in [1.54, 1.807) is 48.5 Å². The van der Waals surface area contributed by atoms with Crippen LogP contribution in [0.1, 0.15) is 10.4 Å². The van der Waals surface area contributed by atoms with E-state index in [9.17, 15) is 9.59 Å². The van der Waals surface area contributed by atoms with E-state index in [0.717, 1.165) is 10.6 Å². The number of halogens is 2. The fourth-order valence-corrected chi connectivity index (χ4v) is 4.36. The first-order chi connectivity index (χ1) is 17.0. The van der Waals surface area contributed by atoms with Gasteiger partial charge in [0.1, 0.15) is 11.5 Å². The third-order valence-corrected chi connectivity index (χ3v) is 6.30. The highest BCUT2D eigenvalue weighted by atomic mass is 35.5. The van der Waals surface area contributed by atoms with Gasteiger partial charge in [-0.1, -0.05) is 47.5 Å². The summed E-state index contributed by atoms with van der Waals surface area (Å²) in [7, 11) is 0. The number of carbonyl (C=O) groups excluding carboxylic acids is 2. The van der Waals surface area contributed by atoms with Crippen LogP contribution < -0.4 is 15.4 Å². The van der Waals surface area contributed by atoms with Crippen molar-refractivity contribution in [1.82, 2.24) is 0 Å². The van der Waals surface area contributed by atoms with Crippen molar-refractivity contribution >= 4 is 58.2 Å². The lowest BCUT2D eigenvalue weighted by atomic mass is 10.2. The third-order valence-electron chi connectivity index (χ3n) is 4.75. The van der Waals surface area contributed by atoms with Crippen molar-refractivity contribution in [2.45, 2.75) is 4.90 Å². The van der Waals surface area contributed by atoms with Crippen LogP contribution in [0, 0.1) is 0 Å². The van der Waals surface area contributed by atoms with Crippen LogP contribution >= 0.6 is 35.0 Å². The lowest BCUT2D eigenvalue weighted by molar-refractivity contribution is -0.113. The number of hydrogen-bond acceptors (Lipinski definition) is 4. The maximum Gasteiger partial charge on any atom is 0.257 e. The van der Waals surface area contributed by atoms with E-state index in [1.807, 2.05) is 42.5 Å². The number of para-hydroxylation sites is 1. The highest BCUT2D eigenvalue weighted by Gasteiger charge is 2.12. The summed E-state index contributed by atoms with van der Waals surface area (Å²) in [5, 5.41) is 6.42. The average molecular weight is 523 g/mol. The smallest absolute Gasteiger partial charge is 0.257 e. The molecule has 0 aliphatic carbocycles. The molecule has 0 fully saturated rings. The van der Waals surface area contributed by atoms with Crippen LogP contribution in [0.15, 0.2) is 102 Å². The maximum atomic E-state index is 12.5. The molecule has 0 saturated heterocycles. The van der Waals surface area contributed by atoms with Crippen LogP contribution in [0.4, 0.5) is 11.4 Å². The summed E-state index contributed by atoms with van der Waals surface area (Å²) in [4.78, 5) is 25.8. The van der Waals surface area contributed by atoms with E-state index in [1.165, 1.54) is 17.8 Å². The Morgan fingerprint density at radius 2 is 1.49 bits per heavy atom. The van der Waals surface area contributed by atoms with Crippen molar-refractivity contribution in [2.75, 3.05) is 16.4 Å². The Morgan fingerprint density at radius 1 is 0.743 bits per heavy atom. The molecule has 0 radical (unpaired) electrons. The Morgan fingerprint density at radius 3 is 2.23 bits per heavy atom. The lowest BCUT2D eigenvalue weighted by Crippen LogP contribution is -2.14. The van der Waals surface area contributed by atoms with E-state index in [-0.39, 0.29) is 22.6 Å². The van der Waals surface area contributed by atoms with Crippen LogP contribution in [-0.4, -0.2) is 17.6 Å². The number of ether oxygens (including phenoxy) is 1. The Kier molecular flexibility index (Phi) is 8.32. The first kappa shape index (κ1) is 24.7. The van der Waals surface area contributed by atoms with Crippen LogP contribution in [0.25, 0.3) is 0 Å². The highest BCUT2D eigenvalue weighted by molar-refractivity contribution is 8.00. The van der Waals surface area contributed by atoms with Crippen molar-refractivity contribution in [1.29, 1.82) is 0 Å². The minimum atomic E-state index is -0.341. The van der Waals surface area contributed by atoms with Gasteiger partial charge in [0.2, 0.25) is 5.91 Å². The Bertz CT molecular complexity index is 1330. The summed E-state index contributed by atoms with van der Waals surface area (Å²) in [6, 6.07) is 28.6. The SMILES string of the molecule is O=C(CSc1cccc(NC(=O)c2ccc(Cl)cc2Cl)c1)Nc1ccc(Oc2ccccc2)cc1. The zero-order chi connectivity index (χ0) is 24.6. The zero-order valence-corrected chi connectivity index (χ0v) is 20.7. The lowest BCUT2D eigenvalue weighted by Gasteiger charge is -2.10. The quantitative estimate of drug-likeness (QED) is 0.232. The maximum absolute atomic E-state index is 12.5. The second-order valence-corrected chi connectivity index (χ2v) is 9.27. The molecular formula is C27H20Cl2N2O3S. The average Bonchev–Trinajstić information content (AvgIpc) is 2.85. The summed E-state index contributed by atoms with van der Waals surface area (Å²) < 4.78 is 5.76. The van der Waals surface area contributed by atoms with E-state index >= 15 is 0 Å². The van der Waals surface area contributed by atoms with Crippen LogP contribution in [-0.2, 0) is 4.79 Å². The normalized spacial score (nSPS) is 10.5. The molecule has 0 heterocycles. The summed E-state index contributed by atoms with van der Waals surface area (Å²) in [5.41, 5.74) is 1.60. The molecule has 2 amide bonds. The molecule has 5 nitrogen and oxygen atoms in total. The number of thioether (sulfide) groups is 1. The molecule has 0 aromatic heterocycles. The van der Waals surface area contributed by atoms with Crippen molar-refractivity contribution < 1.29 is 14.3 Å². The highest BCUT2D eigenvalue weighted by Crippen LogP contribution is 2.26. The van der Waals surface area contributed by atoms with E-state index in [2.05, 4.69) is 10.6 Å². The first-order valence-corrected chi connectivity index (χ1v) is 12.3. The van der Waals surface area contributed by atoms with Crippen molar-refractivity contribution in [3.63, 3.8) is 0 Å². The minimum Gasteiger partial charge on any atom is -0.457 e. The summed E-state index contributed by atoms with van der Waals surface area (Å²) >= 11 is 13.4. The second-order valence-electron chi connectivity index (χ2n) is 7.38. The fraction of sp³-hybridized carbons (Fsp3) is 0.0370. The molecule has 0 atom stereocenters. The van der Waals surface area contributed by atoms with Crippen molar-refractivity contribution in [3.05, 3.63) is 113 Å². The molecule has 35 heavy (non-hydrogen) atoms. The van der Waals surface area contributed by atoms with Gasteiger partial charge in [-0.15, -0.1) is 11.8 Å². The molecule has 0 saturated carbocycles. The molecule has 0 aliphatic rings. The van der Waals surface area contributed by atoms with Gasteiger partial charge < -0.3 is 15.4 Å². The predicted molar refractivity (Wildman–Crippen MR) is 143 cm³/mol. The van der Waals surface area contributed by atoms with Gasteiger partial charge in [-0.2, -0.15) is 0 Å². The van der Waals surface area contributed by atoms with Gasteiger partial charge in [0.05, 0.1) is 16.3 Å². The summed E-state index contributed by atoms with van der Waals surface area (Å²) in [5.74, 6) is 1.15. The topological polar surface area (TPSA) is 67.4 Å². The number of nitrogens with one attached hydrogen (secondary N) is 2. The van der Waals surface area contributed by atoms with Crippen LogP contribution in [0.5, 0.6) is 11.5 Å². The van der Waals surface area contributed by atoms with Gasteiger partial charge in [-0.25, -0.2) is 0 Å². The van der Waals surface area contributed by atoms with Crippen LogP contribution in [0.3, 0.4) is 0 Å². The third kappa shape index (κ3) is 7.26. The van der Waals surface area contributed by atoms with E-state index in [4.69, 9.17) is 27.9 Å². The molecule has 4 rings (SSSR count). The Labute approximate surface area is 217 Å². The molecule has 0 spiro atoms. The fourth-order valence-electron chi connectivity index (χ4n) is 3.11. The number of benzene rings is 4. The van der Waals surface area contributed by atoms with E-state index < -0.39 is 0 Å². The molecule has 0 bridgehead atoms. The van der Waals surface area contributed by atoms with Gasteiger partial charge in [0.15, 0.2) is 0 Å². The van der Waals surface area contributed by atoms with Gasteiger partial charge >= 0.3 is 0 Å². The minimum absolute atomic E-state index is 0.144. The van der Waals surface area contributed by atoms with Gasteiger partial charge in [-0.3, -0.25) is 9.59 Å². The number of anilines is 2. The standard InChI is InChI=1S/C27H20Cl2N2O3S/c28-18-9-14-24(25(29)15-18)27(33)31-20-5-4-8-23(16-20)35-17-26(32)30-19-10-12-22(13-11-19)34-21-6-2-1-3-7-21/h1-16H,17H2,(H,30,32)(H,31,33). The number of hydrogen-bond donors (Lipinski definition) is 2. The molecule has 4 aromatic rings. The van der Waals surface area contributed by atoms with Gasteiger partial charge in [0, 0.05) is 21.3 Å². The van der Waals surface area contributed by atoms with Gasteiger partial charge in [0.25, 0.3) is 5.91 Å². The zero-order valence-electron chi connectivity index (χ0n) is 18.3. The summed E-state index contributed by atoms with van der Waals surface area (Å²) in [6.07, 6.45) is 0. The molecule has 0 aliphatic heterocycles. The number of carbonyl (C=O) groups is 2. The molecule has 2 N–H and O–H groups in total. The van der Waals surface area contributed by atoms with E-state index in [0.29, 0.717) is 27.7 Å². The van der Waals surface area contributed by atoms with Crippen LogP contribution in [0.2, 0.25) is 10.0 Å². The van der Waals surface area contributed by atoms with Crippen molar-refractivity contribution in [2.24, 2.45) is 0 Å². The Balaban J connectivity index is 1.29. The predicted octanol–water partition coefficient (Wildman–Crippen LogP) is 7.77. The van der Waals surface area contributed by atoms with Gasteiger partial charge in [-0.05, 0) is 72.8 Å². The molecule has 176 valence electrons. The van der Waals surface area contributed by atoms with Crippen molar-refractivity contribution in [3.8, 4) is 11.5 Å². The molecule has 8 heteroatoms. The number of rotatable bonds is 8. The Hall–Kier alpha value is -3.45.